The molecule has 0 aromatic heterocycles. The van der Waals surface area contributed by atoms with Crippen LogP contribution in [0.25, 0.3) is 0 Å². The second-order valence-electron chi connectivity index (χ2n) is 5.62. The van der Waals surface area contributed by atoms with Crippen LogP contribution in [0.4, 0.5) is 0 Å². The molecule has 0 aromatic carbocycles. The Morgan fingerprint density at radius 1 is 1.47 bits per heavy atom. The summed E-state index contributed by atoms with van der Waals surface area (Å²) in [6.07, 6.45) is 3.27. The highest BCUT2D eigenvalue weighted by Crippen LogP contribution is 2.26. The molecule has 1 heterocycles. The van der Waals surface area contributed by atoms with Gasteiger partial charge in [0.15, 0.2) is 0 Å². The maximum atomic E-state index is 11.6. The standard InChI is InChI=1S/C13H25NO3/c1-13(2,6-7-14)5-3-12(15)17-10-11-4-8-16-9-11/h11H,3-10,14H2,1-2H3. The third kappa shape index (κ3) is 6.03. The van der Waals surface area contributed by atoms with Crippen LogP contribution in [-0.4, -0.2) is 32.3 Å². The van der Waals surface area contributed by atoms with Gasteiger partial charge >= 0.3 is 5.97 Å². The largest absolute Gasteiger partial charge is 0.465 e. The van der Waals surface area contributed by atoms with Crippen LogP contribution in [-0.2, 0) is 14.3 Å². The molecular weight excluding hydrogens is 218 g/mol. The van der Waals surface area contributed by atoms with Crippen molar-refractivity contribution in [2.24, 2.45) is 17.1 Å². The van der Waals surface area contributed by atoms with E-state index in [1.54, 1.807) is 0 Å². The minimum absolute atomic E-state index is 0.0954. The van der Waals surface area contributed by atoms with Gasteiger partial charge in [-0.1, -0.05) is 13.8 Å². The fourth-order valence-corrected chi connectivity index (χ4v) is 1.95. The van der Waals surface area contributed by atoms with E-state index in [2.05, 4.69) is 13.8 Å². The summed E-state index contributed by atoms with van der Waals surface area (Å²) < 4.78 is 10.5. The molecular formula is C13H25NO3. The van der Waals surface area contributed by atoms with Crippen LogP contribution in [0.5, 0.6) is 0 Å². The molecule has 4 heteroatoms. The first-order valence-corrected chi connectivity index (χ1v) is 6.47. The quantitative estimate of drug-likeness (QED) is 0.692. The van der Waals surface area contributed by atoms with E-state index in [9.17, 15) is 4.79 Å². The van der Waals surface area contributed by atoms with Crippen molar-refractivity contribution in [1.29, 1.82) is 0 Å². The SMILES string of the molecule is CC(C)(CCN)CCC(=O)OCC1CCOC1. The normalized spacial score (nSPS) is 20.5. The lowest BCUT2D eigenvalue weighted by Gasteiger charge is -2.23. The Balaban J connectivity index is 2.11. The van der Waals surface area contributed by atoms with Gasteiger partial charge < -0.3 is 15.2 Å². The van der Waals surface area contributed by atoms with Gasteiger partial charge in [0.1, 0.15) is 0 Å². The first-order chi connectivity index (χ1) is 8.03. The van der Waals surface area contributed by atoms with Crippen LogP contribution in [0.3, 0.4) is 0 Å². The zero-order valence-electron chi connectivity index (χ0n) is 11.0. The summed E-state index contributed by atoms with van der Waals surface area (Å²) in [4.78, 5) is 11.6. The van der Waals surface area contributed by atoms with E-state index in [1.165, 1.54) is 0 Å². The summed E-state index contributed by atoms with van der Waals surface area (Å²) in [7, 11) is 0. The molecule has 0 spiro atoms. The predicted octanol–water partition coefficient (Wildman–Crippen LogP) is 1.72. The van der Waals surface area contributed by atoms with E-state index >= 15 is 0 Å². The number of ether oxygens (including phenoxy) is 2. The number of hydrogen-bond donors (Lipinski definition) is 1. The molecule has 1 saturated heterocycles. The Morgan fingerprint density at radius 2 is 2.24 bits per heavy atom. The van der Waals surface area contributed by atoms with Crippen molar-refractivity contribution in [2.45, 2.75) is 39.5 Å². The van der Waals surface area contributed by atoms with Crippen molar-refractivity contribution < 1.29 is 14.3 Å². The average Bonchev–Trinajstić information content (AvgIpc) is 2.76. The summed E-state index contributed by atoms with van der Waals surface area (Å²) in [5.74, 6) is 0.304. The number of esters is 1. The fourth-order valence-electron chi connectivity index (χ4n) is 1.95. The zero-order valence-corrected chi connectivity index (χ0v) is 11.0. The van der Waals surface area contributed by atoms with Gasteiger partial charge in [0, 0.05) is 18.9 Å². The Labute approximate surface area is 104 Å². The summed E-state index contributed by atoms with van der Waals surface area (Å²) in [6, 6.07) is 0. The van der Waals surface area contributed by atoms with Gasteiger partial charge in [-0.25, -0.2) is 0 Å². The summed E-state index contributed by atoms with van der Waals surface area (Å²) in [6.45, 7) is 6.98. The molecule has 1 aliphatic heterocycles. The molecule has 0 aliphatic carbocycles. The van der Waals surface area contributed by atoms with E-state index in [1.807, 2.05) is 0 Å². The lowest BCUT2D eigenvalue weighted by molar-refractivity contribution is -0.145. The van der Waals surface area contributed by atoms with Crippen molar-refractivity contribution in [3.63, 3.8) is 0 Å². The highest BCUT2D eigenvalue weighted by molar-refractivity contribution is 5.69. The first kappa shape index (κ1) is 14.5. The van der Waals surface area contributed by atoms with Gasteiger partial charge in [0.05, 0.1) is 13.2 Å². The Kier molecular flexibility index (Phi) is 5.92. The number of carbonyl (C=O) groups excluding carboxylic acids is 1. The summed E-state index contributed by atoms with van der Waals surface area (Å²) >= 11 is 0. The van der Waals surface area contributed by atoms with Gasteiger partial charge in [-0.3, -0.25) is 4.79 Å². The third-order valence-electron chi connectivity index (χ3n) is 3.33. The van der Waals surface area contributed by atoms with E-state index in [-0.39, 0.29) is 11.4 Å². The Morgan fingerprint density at radius 3 is 2.82 bits per heavy atom. The minimum atomic E-state index is -0.0954. The van der Waals surface area contributed by atoms with Crippen molar-refractivity contribution in [3.05, 3.63) is 0 Å². The lowest BCUT2D eigenvalue weighted by atomic mass is 9.84. The third-order valence-corrected chi connectivity index (χ3v) is 3.33. The van der Waals surface area contributed by atoms with Crippen LogP contribution in [0.15, 0.2) is 0 Å². The van der Waals surface area contributed by atoms with E-state index < -0.39 is 0 Å². The van der Waals surface area contributed by atoms with E-state index in [0.717, 1.165) is 32.5 Å². The smallest absolute Gasteiger partial charge is 0.305 e. The molecule has 1 atom stereocenters. The zero-order chi connectivity index (χ0) is 12.7. The Bertz CT molecular complexity index is 235. The highest BCUT2D eigenvalue weighted by atomic mass is 16.5. The molecule has 2 N–H and O–H groups in total. The molecule has 1 rings (SSSR count). The van der Waals surface area contributed by atoms with Crippen LogP contribution in [0.1, 0.15) is 39.5 Å². The molecule has 0 aromatic rings. The molecule has 1 aliphatic rings. The molecule has 0 saturated carbocycles. The minimum Gasteiger partial charge on any atom is -0.465 e. The Hall–Kier alpha value is -0.610. The molecule has 0 amide bonds. The summed E-state index contributed by atoms with van der Waals surface area (Å²) in [5.41, 5.74) is 5.66. The van der Waals surface area contributed by atoms with Crippen LogP contribution < -0.4 is 5.73 Å². The second-order valence-corrected chi connectivity index (χ2v) is 5.62. The van der Waals surface area contributed by atoms with Crippen LogP contribution in [0, 0.1) is 11.3 Å². The average molecular weight is 243 g/mol. The number of rotatable bonds is 7. The van der Waals surface area contributed by atoms with Gasteiger partial charge in [-0.2, -0.15) is 0 Å². The molecule has 1 fully saturated rings. The lowest BCUT2D eigenvalue weighted by Crippen LogP contribution is -2.20. The summed E-state index contributed by atoms with van der Waals surface area (Å²) in [5, 5.41) is 0. The molecule has 0 radical (unpaired) electrons. The van der Waals surface area contributed by atoms with Gasteiger partial charge in [-0.15, -0.1) is 0 Å². The second kappa shape index (κ2) is 6.97. The maximum absolute atomic E-state index is 11.6. The van der Waals surface area contributed by atoms with E-state index in [4.69, 9.17) is 15.2 Å². The predicted molar refractivity (Wildman–Crippen MR) is 66.6 cm³/mol. The monoisotopic (exact) mass is 243 g/mol. The first-order valence-electron chi connectivity index (χ1n) is 6.47. The molecule has 0 bridgehead atoms. The number of nitrogens with two attached hydrogens (primary N) is 1. The number of carbonyl (C=O) groups is 1. The highest BCUT2D eigenvalue weighted by Gasteiger charge is 2.20. The van der Waals surface area contributed by atoms with Gasteiger partial charge in [0.25, 0.3) is 0 Å². The van der Waals surface area contributed by atoms with Crippen LogP contribution in [0.2, 0.25) is 0 Å². The van der Waals surface area contributed by atoms with Crippen molar-refractivity contribution >= 4 is 5.97 Å². The van der Waals surface area contributed by atoms with Crippen molar-refractivity contribution in [2.75, 3.05) is 26.4 Å². The molecule has 100 valence electrons. The van der Waals surface area contributed by atoms with Gasteiger partial charge in [-0.05, 0) is 31.2 Å². The van der Waals surface area contributed by atoms with Gasteiger partial charge in [0.2, 0.25) is 0 Å². The fraction of sp³-hybridized carbons (Fsp3) is 0.923. The molecule has 1 unspecified atom stereocenters. The van der Waals surface area contributed by atoms with Crippen LogP contribution >= 0.6 is 0 Å². The molecule has 4 nitrogen and oxygen atoms in total. The topological polar surface area (TPSA) is 61.6 Å². The van der Waals surface area contributed by atoms with E-state index in [0.29, 0.717) is 25.5 Å². The van der Waals surface area contributed by atoms with Crippen molar-refractivity contribution in [3.8, 4) is 0 Å². The van der Waals surface area contributed by atoms with Crippen molar-refractivity contribution in [1.82, 2.24) is 0 Å². The maximum Gasteiger partial charge on any atom is 0.305 e. The molecule has 17 heavy (non-hydrogen) atoms. The number of hydrogen-bond acceptors (Lipinski definition) is 4.